The maximum atomic E-state index is 13.1. The van der Waals surface area contributed by atoms with Crippen LogP contribution in [0, 0.1) is 0 Å². The molecule has 1 fully saturated rings. The third-order valence-electron chi connectivity index (χ3n) is 5.59. The van der Waals surface area contributed by atoms with Gasteiger partial charge in [-0.2, -0.15) is 0 Å². The highest BCUT2D eigenvalue weighted by atomic mass is 35.5. The highest BCUT2D eigenvalue weighted by Gasteiger charge is 2.23. The first kappa shape index (κ1) is 18.9. The fraction of sp³-hybridized carbons (Fsp3) is 0.261. The van der Waals surface area contributed by atoms with Crippen molar-refractivity contribution in [2.75, 3.05) is 0 Å². The summed E-state index contributed by atoms with van der Waals surface area (Å²) in [5, 5.41) is 3.81. The standard InChI is InChI=1S/C23H22ClN5O/c24-15-10-12-17(13-11-15)29-14-20(21-26-18-8-4-5-9-19(18)27-21)28-22(29)23(30)25-16-6-2-1-3-7-16/h4-5,8-14,16H,1-3,6-7H2,(H,25,30)(H,26,27). The van der Waals surface area contributed by atoms with Gasteiger partial charge in [0.25, 0.3) is 5.91 Å². The van der Waals surface area contributed by atoms with Crippen LogP contribution in [0.15, 0.2) is 54.7 Å². The summed E-state index contributed by atoms with van der Waals surface area (Å²) in [6, 6.07) is 15.4. The number of carbonyl (C=O) groups excluding carboxylic acids is 1. The first-order valence-corrected chi connectivity index (χ1v) is 10.7. The smallest absolute Gasteiger partial charge is 0.287 e. The van der Waals surface area contributed by atoms with Gasteiger partial charge < -0.3 is 10.3 Å². The maximum Gasteiger partial charge on any atom is 0.287 e. The van der Waals surface area contributed by atoms with Crippen LogP contribution in [0.3, 0.4) is 0 Å². The van der Waals surface area contributed by atoms with Gasteiger partial charge in [-0.25, -0.2) is 9.97 Å². The summed E-state index contributed by atoms with van der Waals surface area (Å²) in [5.74, 6) is 0.813. The molecule has 7 heteroatoms. The minimum Gasteiger partial charge on any atom is -0.347 e. The zero-order valence-electron chi connectivity index (χ0n) is 16.4. The monoisotopic (exact) mass is 419 g/mol. The number of rotatable bonds is 4. The van der Waals surface area contributed by atoms with Crippen LogP contribution >= 0.6 is 11.6 Å². The molecule has 1 aliphatic carbocycles. The van der Waals surface area contributed by atoms with Crippen molar-refractivity contribution in [3.63, 3.8) is 0 Å². The van der Waals surface area contributed by atoms with E-state index in [4.69, 9.17) is 11.6 Å². The van der Waals surface area contributed by atoms with Gasteiger partial charge >= 0.3 is 0 Å². The molecule has 1 saturated carbocycles. The number of H-pyrrole nitrogens is 1. The third kappa shape index (κ3) is 3.71. The molecule has 0 radical (unpaired) electrons. The van der Waals surface area contributed by atoms with E-state index in [0.29, 0.717) is 22.4 Å². The lowest BCUT2D eigenvalue weighted by Crippen LogP contribution is -2.37. The van der Waals surface area contributed by atoms with E-state index in [-0.39, 0.29) is 11.9 Å². The molecule has 5 rings (SSSR count). The Labute approximate surface area is 179 Å². The number of nitrogens with zero attached hydrogens (tertiary/aromatic N) is 3. The molecule has 6 nitrogen and oxygen atoms in total. The Kier molecular flexibility index (Phi) is 5.01. The Hall–Kier alpha value is -3.12. The van der Waals surface area contributed by atoms with Crippen LogP contribution in [-0.4, -0.2) is 31.5 Å². The molecule has 0 unspecified atom stereocenters. The molecule has 0 atom stereocenters. The number of benzene rings is 2. The molecule has 2 heterocycles. The van der Waals surface area contributed by atoms with E-state index in [1.807, 2.05) is 42.6 Å². The average Bonchev–Trinajstić information content (AvgIpc) is 3.40. The molecular weight excluding hydrogens is 398 g/mol. The summed E-state index contributed by atoms with van der Waals surface area (Å²) >= 11 is 6.06. The van der Waals surface area contributed by atoms with Gasteiger partial charge in [0, 0.05) is 22.9 Å². The molecule has 2 aromatic carbocycles. The normalized spacial score (nSPS) is 14.8. The van der Waals surface area contributed by atoms with Gasteiger partial charge in [0.2, 0.25) is 5.82 Å². The lowest BCUT2D eigenvalue weighted by Gasteiger charge is -2.22. The minimum atomic E-state index is -0.167. The number of carbonyl (C=O) groups is 1. The average molecular weight is 420 g/mol. The van der Waals surface area contributed by atoms with Gasteiger partial charge in [0.05, 0.1) is 11.0 Å². The second-order valence-electron chi connectivity index (χ2n) is 7.71. The number of para-hydroxylation sites is 2. The van der Waals surface area contributed by atoms with E-state index in [1.54, 1.807) is 16.7 Å². The molecule has 1 aliphatic rings. The Bertz CT molecular complexity index is 1160. The molecule has 0 saturated heterocycles. The van der Waals surface area contributed by atoms with Crippen LogP contribution in [0.25, 0.3) is 28.2 Å². The zero-order chi connectivity index (χ0) is 20.5. The predicted octanol–water partition coefficient (Wildman–Crippen LogP) is 5.13. The Morgan fingerprint density at radius 2 is 1.80 bits per heavy atom. The SMILES string of the molecule is O=C(NC1CCCCC1)c1nc(-c2nc3ccccc3[nH]2)cn1-c1ccc(Cl)cc1. The summed E-state index contributed by atoms with van der Waals surface area (Å²) in [5.41, 5.74) is 3.24. The first-order chi connectivity index (χ1) is 14.7. The molecular formula is C23H22ClN5O. The summed E-state index contributed by atoms with van der Waals surface area (Å²) in [6.45, 7) is 0. The Morgan fingerprint density at radius 1 is 1.03 bits per heavy atom. The largest absolute Gasteiger partial charge is 0.347 e. The van der Waals surface area contributed by atoms with E-state index in [2.05, 4.69) is 20.3 Å². The van der Waals surface area contributed by atoms with E-state index in [0.717, 1.165) is 42.4 Å². The summed E-state index contributed by atoms with van der Waals surface area (Å²) in [4.78, 5) is 25.7. The molecule has 0 aliphatic heterocycles. The topological polar surface area (TPSA) is 75.6 Å². The van der Waals surface area contributed by atoms with Crippen molar-refractivity contribution >= 4 is 28.5 Å². The van der Waals surface area contributed by atoms with Crippen molar-refractivity contribution in [1.29, 1.82) is 0 Å². The van der Waals surface area contributed by atoms with E-state index >= 15 is 0 Å². The molecule has 0 bridgehead atoms. The quantitative estimate of drug-likeness (QED) is 0.481. The molecule has 2 N–H and O–H groups in total. The van der Waals surface area contributed by atoms with E-state index in [1.165, 1.54) is 6.42 Å². The van der Waals surface area contributed by atoms with Gasteiger partial charge in [-0.05, 0) is 49.2 Å². The number of fused-ring (bicyclic) bond motifs is 1. The fourth-order valence-electron chi connectivity index (χ4n) is 4.02. The number of aromatic amines is 1. The lowest BCUT2D eigenvalue weighted by atomic mass is 9.95. The van der Waals surface area contributed by atoms with Gasteiger partial charge in [-0.1, -0.05) is 43.0 Å². The molecule has 152 valence electrons. The van der Waals surface area contributed by atoms with Crippen LogP contribution in [0.1, 0.15) is 42.7 Å². The number of amides is 1. The van der Waals surface area contributed by atoms with Crippen molar-refractivity contribution in [3.05, 3.63) is 65.6 Å². The molecule has 1 amide bonds. The van der Waals surface area contributed by atoms with Gasteiger partial charge in [0.15, 0.2) is 5.82 Å². The second kappa shape index (κ2) is 7.95. The summed E-state index contributed by atoms with van der Waals surface area (Å²) < 4.78 is 1.80. The highest BCUT2D eigenvalue weighted by Crippen LogP contribution is 2.24. The molecule has 4 aromatic rings. The Balaban J connectivity index is 1.54. The highest BCUT2D eigenvalue weighted by molar-refractivity contribution is 6.30. The van der Waals surface area contributed by atoms with E-state index < -0.39 is 0 Å². The van der Waals surface area contributed by atoms with Gasteiger partial charge in [-0.15, -0.1) is 0 Å². The molecule has 30 heavy (non-hydrogen) atoms. The zero-order valence-corrected chi connectivity index (χ0v) is 17.2. The van der Waals surface area contributed by atoms with Crippen LogP contribution in [0.4, 0.5) is 0 Å². The fourth-order valence-corrected chi connectivity index (χ4v) is 4.15. The summed E-state index contributed by atoms with van der Waals surface area (Å²) in [6.07, 6.45) is 7.42. The van der Waals surface area contributed by atoms with Crippen LogP contribution < -0.4 is 5.32 Å². The van der Waals surface area contributed by atoms with Crippen LogP contribution in [-0.2, 0) is 0 Å². The van der Waals surface area contributed by atoms with Crippen LogP contribution in [0.5, 0.6) is 0 Å². The number of nitrogens with one attached hydrogen (secondary N) is 2. The number of hydrogen-bond acceptors (Lipinski definition) is 3. The first-order valence-electron chi connectivity index (χ1n) is 10.3. The predicted molar refractivity (Wildman–Crippen MR) is 118 cm³/mol. The van der Waals surface area contributed by atoms with Crippen molar-refractivity contribution in [2.45, 2.75) is 38.1 Å². The maximum absolute atomic E-state index is 13.1. The van der Waals surface area contributed by atoms with Gasteiger partial charge in [0.1, 0.15) is 5.69 Å². The van der Waals surface area contributed by atoms with Crippen molar-refractivity contribution in [3.8, 4) is 17.2 Å². The number of aromatic nitrogens is 4. The number of halogens is 1. The second-order valence-corrected chi connectivity index (χ2v) is 8.14. The van der Waals surface area contributed by atoms with Crippen LogP contribution in [0.2, 0.25) is 5.02 Å². The molecule has 0 spiro atoms. The molecule has 2 aromatic heterocycles. The van der Waals surface area contributed by atoms with Gasteiger partial charge in [-0.3, -0.25) is 9.36 Å². The minimum absolute atomic E-state index is 0.167. The van der Waals surface area contributed by atoms with Crippen molar-refractivity contribution < 1.29 is 4.79 Å². The third-order valence-corrected chi connectivity index (χ3v) is 5.84. The Morgan fingerprint density at radius 3 is 2.57 bits per heavy atom. The number of hydrogen-bond donors (Lipinski definition) is 2. The van der Waals surface area contributed by atoms with E-state index in [9.17, 15) is 4.79 Å². The lowest BCUT2D eigenvalue weighted by molar-refractivity contribution is 0.0915. The number of imidazole rings is 2. The van der Waals surface area contributed by atoms with Crippen molar-refractivity contribution in [1.82, 2.24) is 24.8 Å². The summed E-state index contributed by atoms with van der Waals surface area (Å²) in [7, 11) is 0. The van der Waals surface area contributed by atoms with Crippen molar-refractivity contribution in [2.24, 2.45) is 0 Å².